The zero-order valence-corrected chi connectivity index (χ0v) is 10.4. The van der Waals surface area contributed by atoms with Gasteiger partial charge in [-0.1, -0.05) is 55.5 Å². The minimum Gasteiger partial charge on any atom is -0.367 e. The fourth-order valence-electron chi connectivity index (χ4n) is 2.28. The van der Waals surface area contributed by atoms with Crippen LogP contribution in [0.1, 0.15) is 25.3 Å². The van der Waals surface area contributed by atoms with Crippen LogP contribution in [0.15, 0.2) is 49.1 Å². The number of benzene rings is 1. The predicted molar refractivity (Wildman–Crippen MR) is 72.7 cm³/mol. The van der Waals surface area contributed by atoms with Crippen molar-refractivity contribution in [2.75, 3.05) is 0 Å². The average molecular weight is 228 g/mol. The maximum atomic E-state index is 5.92. The molecule has 1 heteroatoms. The van der Waals surface area contributed by atoms with Crippen LogP contribution in [0.25, 0.3) is 6.08 Å². The number of rotatable bonds is 3. The van der Waals surface area contributed by atoms with Crippen molar-refractivity contribution in [3.05, 3.63) is 54.6 Å². The van der Waals surface area contributed by atoms with Gasteiger partial charge in [0.2, 0.25) is 0 Å². The lowest BCUT2D eigenvalue weighted by Gasteiger charge is -2.30. The van der Waals surface area contributed by atoms with Gasteiger partial charge in [0.05, 0.1) is 12.2 Å². The summed E-state index contributed by atoms with van der Waals surface area (Å²) in [6.45, 7) is 6.10. The Balaban J connectivity index is 1.98. The Morgan fingerprint density at radius 2 is 1.88 bits per heavy atom. The molecule has 0 radical (unpaired) electrons. The summed E-state index contributed by atoms with van der Waals surface area (Å²) in [7, 11) is 0. The summed E-state index contributed by atoms with van der Waals surface area (Å²) in [4.78, 5) is 0. The maximum Gasteiger partial charge on any atom is 0.0769 e. The fraction of sp³-hybridized carbons (Fsp3) is 0.375. The Hall–Kier alpha value is -1.34. The highest BCUT2D eigenvalue weighted by Gasteiger charge is 2.23. The van der Waals surface area contributed by atoms with Gasteiger partial charge in [0.25, 0.3) is 0 Å². The standard InChI is InChI=1S/C16H20O/c1-3-15-11-13(2)12-16(17-15)10-9-14-7-5-4-6-8-14/h3-10,13,15-16H,1,11-12H2,2H3/b10-9-/t13-,15+,16-/m0/s1. The normalized spacial score (nSPS) is 29.4. The fourth-order valence-corrected chi connectivity index (χ4v) is 2.28. The molecular weight excluding hydrogens is 208 g/mol. The highest BCUT2D eigenvalue weighted by atomic mass is 16.5. The van der Waals surface area contributed by atoms with Crippen LogP contribution in [0.5, 0.6) is 0 Å². The first kappa shape index (κ1) is 12.1. The topological polar surface area (TPSA) is 9.23 Å². The summed E-state index contributed by atoms with van der Waals surface area (Å²) >= 11 is 0. The molecule has 0 amide bonds. The number of hydrogen-bond acceptors (Lipinski definition) is 1. The minimum atomic E-state index is 0.212. The second kappa shape index (κ2) is 5.83. The molecule has 1 nitrogen and oxygen atoms in total. The van der Waals surface area contributed by atoms with Crippen molar-refractivity contribution in [3.8, 4) is 0 Å². The van der Waals surface area contributed by atoms with E-state index < -0.39 is 0 Å². The van der Waals surface area contributed by atoms with E-state index in [2.05, 4.69) is 49.9 Å². The predicted octanol–water partition coefficient (Wildman–Crippen LogP) is 4.07. The van der Waals surface area contributed by atoms with Gasteiger partial charge >= 0.3 is 0 Å². The molecule has 90 valence electrons. The van der Waals surface area contributed by atoms with Crippen molar-refractivity contribution < 1.29 is 4.74 Å². The van der Waals surface area contributed by atoms with Gasteiger partial charge in [-0.15, -0.1) is 6.58 Å². The van der Waals surface area contributed by atoms with Gasteiger partial charge in [-0.2, -0.15) is 0 Å². The smallest absolute Gasteiger partial charge is 0.0769 e. The van der Waals surface area contributed by atoms with Crippen molar-refractivity contribution in [2.24, 2.45) is 5.92 Å². The molecule has 0 spiro atoms. The monoisotopic (exact) mass is 228 g/mol. The largest absolute Gasteiger partial charge is 0.367 e. The van der Waals surface area contributed by atoms with Crippen molar-refractivity contribution >= 4 is 6.08 Å². The summed E-state index contributed by atoms with van der Waals surface area (Å²) in [5, 5.41) is 0. The van der Waals surface area contributed by atoms with Gasteiger partial charge < -0.3 is 4.74 Å². The first-order valence-electron chi connectivity index (χ1n) is 6.29. The third kappa shape index (κ3) is 3.57. The van der Waals surface area contributed by atoms with E-state index in [9.17, 15) is 0 Å². The van der Waals surface area contributed by atoms with Crippen LogP contribution in [0.4, 0.5) is 0 Å². The molecule has 1 aromatic carbocycles. The van der Waals surface area contributed by atoms with Gasteiger partial charge in [0.1, 0.15) is 0 Å². The SMILES string of the molecule is C=C[C@@H]1C[C@H](C)C[C@H](/C=C\c2ccccc2)O1. The Morgan fingerprint density at radius 3 is 2.59 bits per heavy atom. The molecule has 1 saturated heterocycles. The summed E-state index contributed by atoms with van der Waals surface area (Å²) in [6.07, 6.45) is 8.86. The molecule has 0 unspecified atom stereocenters. The zero-order chi connectivity index (χ0) is 12.1. The van der Waals surface area contributed by atoms with E-state index in [1.54, 1.807) is 0 Å². The van der Waals surface area contributed by atoms with E-state index in [0.717, 1.165) is 12.8 Å². The molecule has 0 bridgehead atoms. The Bertz CT molecular complexity index is 380. The molecule has 1 fully saturated rings. The zero-order valence-electron chi connectivity index (χ0n) is 10.4. The van der Waals surface area contributed by atoms with E-state index in [0.29, 0.717) is 5.92 Å². The van der Waals surface area contributed by atoms with Gasteiger partial charge in [0, 0.05) is 0 Å². The minimum absolute atomic E-state index is 0.212. The molecule has 3 atom stereocenters. The summed E-state index contributed by atoms with van der Waals surface area (Å²) in [5.74, 6) is 0.706. The molecule has 17 heavy (non-hydrogen) atoms. The first-order chi connectivity index (χ1) is 8.28. The molecule has 0 N–H and O–H groups in total. The molecule has 1 aliphatic heterocycles. The van der Waals surface area contributed by atoms with E-state index in [4.69, 9.17) is 4.74 Å². The highest BCUT2D eigenvalue weighted by molar-refractivity contribution is 5.49. The van der Waals surface area contributed by atoms with Crippen molar-refractivity contribution in [1.82, 2.24) is 0 Å². The second-order valence-corrected chi connectivity index (χ2v) is 4.80. The van der Waals surface area contributed by atoms with Gasteiger partial charge in [0.15, 0.2) is 0 Å². The first-order valence-corrected chi connectivity index (χ1v) is 6.29. The molecule has 1 aromatic rings. The van der Waals surface area contributed by atoms with Crippen LogP contribution >= 0.6 is 0 Å². The van der Waals surface area contributed by atoms with Gasteiger partial charge in [-0.3, -0.25) is 0 Å². The van der Waals surface area contributed by atoms with Crippen LogP contribution in [0.3, 0.4) is 0 Å². The van der Waals surface area contributed by atoms with Crippen LogP contribution in [-0.4, -0.2) is 12.2 Å². The molecule has 1 heterocycles. The molecule has 1 aliphatic rings. The van der Waals surface area contributed by atoms with Crippen molar-refractivity contribution in [1.29, 1.82) is 0 Å². The molecule has 0 aliphatic carbocycles. The van der Waals surface area contributed by atoms with Crippen LogP contribution in [0, 0.1) is 5.92 Å². The van der Waals surface area contributed by atoms with Crippen LogP contribution in [0.2, 0.25) is 0 Å². The summed E-state index contributed by atoms with van der Waals surface area (Å²) in [5.41, 5.74) is 1.23. The van der Waals surface area contributed by atoms with E-state index >= 15 is 0 Å². The van der Waals surface area contributed by atoms with Crippen LogP contribution in [-0.2, 0) is 4.74 Å². The molecular formula is C16H20O. The number of ether oxygens (including phenoxy) is 1. The van der Waals surface area contributed by atoms with Gasteiger partial charge in [-0.05, 0) is 24.3 Å². The van der Waals surface area contributed by atoms with E-state index in [-0.39, 0.29) is 12.2 Å². The molecule has 0 aromatic heterocycles. The number of hydrogen-bond donors (Lipinski definition) is 0. The van der Waals surface area contributed by atoms with E-state index in [1.807, 2.05) is 12.1 Å². The quantitative estimate of drug-likeness (QED) is 0.709. The molecule has 2 rings (SSSR count). The van der Waals surface area contributed by atoms with E-state index in [1.165, 1.54) is 5.56 Å². The van der Waals surface area contributed by atoms with Crippen LogP contribution < -0.4 is 0 Å². The Morgan fingerprint density at radius 1 is 1.18 bits per heavy atom. The Labute approximate surface area is 104 Å². The summed E-state index contributed by atoms with van der Waals surface area (Å²) in [6, 6.07) is 10.3. The van der Waals surface area contributed by atoms with Crippen molar-refractivity contribution in [2.45, 2.75) is 32.0 Å². The average Bonchev–Trinajstić information content (AvgIpc) is 2.37. The highest BCUT2D eigenvalue weighted by Crippen LogP contribution is 2.26. The lowest BCUT2D eigenvalue weighted by atomic mass is 9.93. The third-order valence-corrected chi connectivity index (χ3v) is 3.18. The third-order valence-electron chi connectivity index (χ3n) is 3.18. The summed E-state index contributed by atoms with van der Waals surface area (Å²) < 4.78 is 5.92. The lowest BCUT2D eigenvalue weighted by Crippen LogP contribution is -2.29. The Kier molecular flexibility index (Phi) is 4.16. The second-order valence-electron chi connectivity index (χ2n) is 4.80. The molecule has 0 saturated carbocycles. The maximum absolute atomic E-state index is 5.92. The van der Waals surface area contributed by atoms with Gasteiger partial charge in [-0.25, -0.2) is 0 Å². The lowest BCUT2D eigenvalue weighted by molar-refractivity contribution is -0.0183. The van der Waals surface area contributed by atoms with Crippen molar-refractivity contribution in [3.63, 3.8) is 0 Å².